The molecule has 0 fully saturated rings. The molecule has 0 radical (unpaired) electrons. The van der Waals surface area contributed by atoms with Gasteiger partial charge in [0, 0.05) is 27.7 Å². The predicted octanol–water partition coefficient (Wildman–Crippen LogP) is 9.59. The monoisotopic (exact) mass is 447 g/mol. The molecule has 0 spiro atoms. The Hall–Kier alpha value is -3.52. The number of hydrogen-bond acceptors (Lipinski definition) is 2. The minimum absolute atomic E-state index is 0.0848. The van der Waals surface area contributed by atoms with Gasteiger partial charge in [-0.2, -0.15) is 0 Å². The van der Waals surface area contributed by atoms with E-state index in [1.165, 1.54) is 22.3 Å². The Labute approximate surface area is 202 Å². The average Bonchev–Trinajstić information content (AvgIpc) is 3.16. The Morgan fingerprint density at radius 3 is 1.85 bits per heavy atom. The summed E-state index contributed by atoms with van der Waals surface area (Å²) in [7, 11) is 0. The van der Waals surface area contributed by atoms with Gasteiger partial charge in [-0.15, -0.1) is 0 Å². The van der Waals surface area contributed by atoms with Crippen molar-refractivity contribution in [2.75, 3.05) is 5.32 Å². The van der Waals surface area contributed by atoms with Gasteiger partial charge < -0.3 is 9.73 Å². The number of anilines is 2. The minimum Gasteiger partial charge on any atom is -0.456 e. The van der Waals surface area contributed by atoms with Crippen molar-refractivity contribution in [1.29, 1.82) is 0 Å². The van der Waals surface area contributed by atoms with Gasteiger partial charge in [-0.1, -0.05) is 84.0 Å². The highest BCUT2D eigenvalue weighted by molar-refractivity contribution is 6.06. The average molecular weight is 448 g/mol. The number of rotatable bonds is 3. The Morgan fingerprint density at radius 1 is 0.588 bits per heavy atom. The summed E-state index contributed by atoms with van der Waals surface area (Å²) < 4.78 is 6.14. The van der Waals surface area contributed by atoms with E-state index < -0.39 is 0 Å². The molecule has 2 nitrogen and oxygen atoms in total. The third kappa shape index (κ3) is 4.21. The second-order valence-electron chi connectivity index (χ2n) is 11.3. The van der Waals surface area contributed by atoms with E-state index in [4.69, 9.17) is 4.42 Å². The van der Waals surface area contributed by atoms with Crippen LogP contribution in [0, 0.1) is 0 Å². The maximum atomic E-state index is 6.14. The molecule has 34 heavy (non-hydrogen) atoms. The lowest BCUT2D eigenvalue weighted by molar-refractivity contribution is 0.590. The van der Waals surface area contributed by atoms with Crippen LogP contribution in [0.4, 0.5) is 11.4 Å². The first-order valence-corrected chi connectivity index (χ1v) is 12.0. The normalized spacial score (nSPS) is 12.4. The molecular formula is C32H33NO. The largest absolute Gasteiger partial charge is 0.456 e. The number of benzene rings is 4. The first-order chi connectivity index (χ1) is 16.1. The van der Waals surface area contributed by atoms with E-state index in [9.17, 15) is 0 Å². The summed E-state index contributed by atoms with van der Waals surface area (Å²) in [4.78, 5) is 0. The summed E-state index contributed by atoms with van der Waals surface area (Å²) in [6.07, 6.45) is 0. The highest BCUT2D eigenvalue weighted by Crippen LogP contribution is 2.37. The fraction of sp³-hybridized carbons (Fsp3) is 0.250. The van der Waals surface area contributed by atoms with E-state index in [0.717, 1.165) is 33.3 Å². The van der Waals surface area contributed by atoms with E-state index in [2.05, 4.69) is 132 Å². The smallest absolute Gasteiger partial charge is 0.135 e. The molecule has 0 aliphatic heterocycles. The Balaban J connectivity index is 1.60. The lowest BCUT2D eigenvalue weighted by Gasteiger charge is -2.22. The van der Waals surface area contributed by atoms with Crippen molar-refractivity contribution in [3.63, 3.8) is 0 Å². The van der Waals surface area contributed by atoms with Crippen LogP contribution in [0.25, 0.3) is 33.1 Å². The molecule has 5 rings (SSSR count). The third-order valence-electron chi connectivity index (χ3n) is 6.58. The van der Waals surface area contributed by atoms with Crippen molar-refractivity contribution >= 4 is 33.3 Å². The highest BCUT2D eigenvalue weighted by Gasteiger charge is 2.18. The summed E-state index contributed by atoms with van der Waals surface area (Å²) in [5, 5.41) is 6.00. The van der Waals surface area contributed by atoms with Gasteiger partial charge in [0.15, 0.2) is 0 Å². The summed E-state index contributed by atoms with van der Waals surface area (Å²) >= 11 is 0. The number of furan rings is 1. The molecule has 172 valence electrons. The minimum atomic E-state index is 0.0848. The molecule has 1 heterocycles. The molecule has 5 aromatic rings. The molecule has 0 atom stereocenters. The molecular weight excluding hydrogens is 414 g/mol. The van der Waals surface area contributed by atoms with Gasteiger partial charge in [0.1, 0.15) is 11.2 Å². The zero-order valence-electron chi connectivity index (χ0n) is 21.0. The number of hydrogen-bond donors (Lipinski definition) is 1. The molecule has 0 amide bonds. The van der Waals surface area contributed by atoms with Crippen molar-refractivity contribution < 1.29 is 4.42 Å². The van der Waals surface area contributed by atoms with E-state index in [-0.39, 0.29) is 10.8 Å². The molecule has 0 saturated carbocycles. The maximum absolute atomic E-state index is 6.14. The van der Waals surface area contributed by atoms with Gasteiger partial charge in [-0.3, -0.25) is 0 Å². The lowest BCUT2D eigenvalue weighted by Crippen LogP contribution is -2.11. The molecule has 0 bridgehead atoms. The van der Waals surface area contributed by atoms with Crippen LogP contribution < -0.4 is 5.32 Å². The Bertz CT molecular complexity index is 1480. The van der Waals surface area contributed by atoms with Crippen LogP contribution in [0.1, 0.15) is 52.7 Å². The van der Waals surface area contributed by atoms with Gasteiger partial charge in [-0.05, 0) is 70.0 Å². The summed E-state index contributed by atoms with van der Waals surface area (Å²) in [6, 6.07) is 30.3. The van der Waals surface area contributed by atoms with Crippen LogP contribution in [0.3, 0.4) is 0 Å². The highest BCUT2D eigenvalue weighted by atomic mass is 16.3. The first kappa shape index (κ1) is 22.3. The molecule has 0 aliphatic rings. The van der Waals surface area contributed by atoms with Crippen LogP contribution in [0.2, 0.25) is 0 Å². The molecule has 0 aliphatic carbocycles. The predicted molar refractivity (Wildman–Crippen MR) is 146 cm³/mol. The maximum Gasteiger partial charge on any atom is 0.135 e. The van der Waals surface area contributed by atoms with Crippen molar-refractivity contribution in [3.8, 4) is 11.1 Å². The standard InChI is InChI=1S/C32H33NO/c1-31(2,3)22-12-15-28(25(18-22)21-10-8-7-9-11-21)33-24-14-17-30-27(20-24)26-19-23(32(4,5)6)13-16-29(26)34-30/h7-20,33H,1-6H3. The van der Waals surface area contributed by atoms with Crippen LogP contribution in [0.5, 0.6) is 0 Å². The molecule has 1 aromatic heterocycles. The van der Waals surface area contributed by atoms with E-state index in [0.29, 0.717) is 0 Å². The van der Waals surface area contributed by atoms with Crippen molar-refractivity contribution in [2.45, 2.75) is 52.4 Å². The molecule has 2 heteroatoms. The van der Waals surface area contributed by atoms with Gasteiger partial charge in [-0.25, -0.2) is 0 Å². The lowest BCUT2D eigenvalue weighted by atomic mass is 9.85. The zero-order valence-corrected chi connectivity index (χ0v) is 21.0. The second kappa shape index (κ2) is 8.06. The summed E-state index contributed by atoms with van der Waals surface area (Å²) in [5.74, 6) is 0. The van der Waals surface area contributed by atoms with Crippen LogP contribution in [-0.4, -0.2) is 0 Å². The first-order valence-electron chi connectivity index (χ1n) is 12.0. The van der Waals surface area contributed by atoms with Gasteiger partial charge in [0.05, 0.1) is 0 Å². The van der Waals surface area contributed by atoms with E-state index in [1.54, 1.807) is 0 Å². The van der Waals surface area contributed by atoms with Crippen LogP contribution >= 0.6 is 0 Å². The van der Waals surface area contributed by atoms with Gasteiger partial charge in [0.25, 0.3) is 0 Å². The van der Waals surface area contributed by atoms with Gasteiger partial charge in [0.2, 0.25) is 0 Å². The van der Waals surface area contributed by atoms with Gasteiger partial charge >= 0.3 is 0 Å². The number of nitrogens with one attached hydrogen (secondary N) is 1. The van der Waals surface area contributed by atoms with E-state index >= 15 is 0 Å². The van der Waals surface area contributed by atoms with Crippen molar-refractivity contribution in [1.82, 2.24) is 0 Å². The Morgan fingerprint density at radius 2 is 1.18 bits per heavy atom. The van der Waals surface area contributed by atoms with Crippen molar-refractivity contribution in [3.05, 3.63) is 96.1 Å². The second-order valence-corrected chi connectivity index (χ2v) is 11.3. The molecule has 0 unspecified atom stereocenters. The molecule has 0 saturated heterocycles. The fourth-order valence-electron chi connectivity index (χ4n) is 4.45. The topological polar surface area (TPSA) is 25.2 Å². The van der Waals surface area contributed by atoms with Crippen LogP contribution in [-0.2, 0) is 10.8 Å². The Kier molecular flexibility index (Phi) is 5.28. The fourth-order valence-corrected chi connectivity index (χ4v) is 4.45. The van der Waals surface area contributed by atoms with Crippen molar-refractivity contribution in [2.24, 2.45) is 0 Å². The number of fused-ring (bicyclic) bond motifs is 3. The molecule has 1 N–H and O–H groups in total. The quantitative estimate of drug-likeness (QED) is 0.298. The third-order valence-corrected chi connectivity index (χ3v) is 6.58. The van der Waals surface area contributed by atoms with E-state index in [1.807, 2.05) is 0 Å². The summed E-state index contributed by atoms with van der Waals surface area (Å²) in [5.41, 5.74) is 9.22. The SMILES string of the molecule is CC(C)(C)c1ccc(Nc2ccc3oc4ccc(C(C)(C)C)cc4c3c2)c(-c2ccccc2)c1. The summed E-state index contributed by atoms with van der Waals surface area (Å²) in [6.45, 7) is 13.5. The zero-order chi connectivity index (χ0) is 24.1. The molecule has 4 aromatic carbocycles. The van der Waals surface area contributed by atoms with Crippen LogP contribution in [0.15, 0.2) is 89.3 Å².